The van der Waals surface area contributed by atoms with Crippen molar-refractivity contribution >= 4 is 26.6 Å². The summed E-state index contributed by atoms with van der Waals surface area (Å²) in [6.45, 7) is 5.85. The maximum Gasteiger partial charge on any atom is 0.244 e. The first-order valence-corrected chi connectivity index (χ1v) is 13.0. The van der Waals surface area contributed by atoms with E-state index in [1.54, 1.807) is 10.4 Å². The fourth-order valence-electron chi connectivity index (χ4n) is 4.77. The van der Waals surface area contributed by atoms with Crippen LogP contribution < -0.4 is 4.90 Å². The van der Waals surface area contributed by atoms with Gasteiger partial charge in [-0.3, -0.25) is 4.90 Å². The molecular weight excluding hydrogens is 420 g/mol. The van der Waals surface area contributed by atoms with Crippen molar-refractivity contribution in [3.05, 3.63) is 66.4 Å². The number of hydrogen-bond acceptors (Lipinski definition) is 5. The lowest BCUT2D eigenvalue weighted by atomic mass is 10.0. The Balaban J connectivity index is 1.22. The third kappa shape index (κ3) is 4.37. The maximum absolute atomic E-state index is 12.9. The quantitative estimate of drug-likeness (QED) is 0.593. The van der Waals surface area contributed by atoms with Gasteiger partial charge in [-0.15, -0.1) is 0 Å². The Bertz CT molecular complexity index is 1160. The van der Waals surface area contributed by atoms with Gasteiger partial charge in [-0.05, 0) is 41.3 Å². The molecule has 0 saturated carbocycles. The molecule has 0 unspecified atom stereocenters. The van der Waals surface area contributed by atoms with Crippen molar-refractivity contribution < 1.29 is 8.42 Å². The van der Waals surface area contributed by atoms with Crippen molar-refractivity contribution in [1.82, 2.24) is 14.2 Å². The van der Waals surface area contributed by atoms with E-state index in [-0.39, 0.29) is 0 Å². The molecular formula is C25H30N4O2S. The Hall–Kier alpha value is -2.48. The van der Waals surface area contributed by atoms with Crippen LogP contribution in [-0.2, 0) is 16.6 Å². The van der Waals surface area contributed by atoms with Crippen LogP contribution in [0.4, 0.5) is 5.82 Å². The van der Waals surface area contributed by atoms with Crippen LogP contribution in [0, 0.1) is 0 Å². The van der Waals surface area contributed by atoms with E-state index in [2.05, 4.69) is 57.2 Å². The number of sulfonamides is 1. The molecule has 0 N–H and O–H groups in total. The Labute approximate surface area is 190 Å². The molecule has 168 valence electrons. The monoisotopic (exact) mass is 450 g/mol. The first kappa shape index (κ1) is 21.4. The van der Waals surface area contributed by atoms with Crippen molar-refractivity contribution in [3.8, 4) is 0 Å². The second-order valence-electron chi connectivity index (χ2n) is 8.72. The van der Waals surface area contributed by atoms with Crippen LogP contribution in [0.15, 0.2) is 65.7 Å². The molecule has 0 atom stereocenters. The van der Waals surface area contributed by atoms with Crippen LogP contribution in [-0.4, -0.2) is 61.9 Å². The summed E-state index contributed by atoms with van der Waals surface area (Å²) in [5.41, 5.74) is 1.36. The normalized spacial score (nSPS) is 18.8. The molecule has 2 aliphatic heterocycles. The third-order valence-corrected chi connectivity index (χ3v) is 8.53. The van der Waals surface area contributed by atoms with E-state index in [1.165, 1.54) is 22.5 Å². The summed E-state index contributed by atoms with van der Waals surface area (Å²) in [6.07, 6.45) is 4.51. The molecule has 0 aliphatic carbocycles. The molecule has 3 aromatic rings. The van der Waals surface area contributed by atoms with Crippen molar-refractivity contribution in [2.45, 2.75) is 30.7 Å². The number of benzene rings is 2. The SMILES string of the molecule is O=S(=O)(c1ccc(N2CCN(Cc3cccc4ccccc34)CC2)nc1)N1CCCCC1. The Morgan fingerprint density at radius 1 is 0.781 bits per heavy atom. The van der Waals surface area contributed by atoms with Gasteiger partial charge in [-0.25, -0.2) is 13.4 Å². The van der Waals surface area contributed by atoms with Crippen LogP contribution in [0.3, 0.4) is 0 Å². The van der Waals surface area contributed by atoms with Crippen molar-refractivity contribution in [1.29, 1.82) is 0 Å². The Morgan fingerprint density at radius 3 is 2.28 bits per heavy atom. The summed E-state index contributed by atoms with van der Waals surface area (Å²) in [5.74, 6) is 0.854. The molecule has 2 fully saturated rings. The molecule has 0 radical (unpaired) electrons. The lowest BCUT2D eigenvalue weighted by Crippen LogP contribution is -2.46. The molecule has 1 aromatic heterocycles. The minimum atomic E-state index is -3.43. The smallest absolute Gasteiger partial charge is 0.244 e. The molecule has 2 aliphatic rings. The maximum atomic E-state index is 12.9. The highest BCUT2D eigenvalue weighted by Crippen LogP contribution is 2.24. The number of pyridine rings is 1. The van der Waals surface area contributed by atoms with Crippen molar-refractivity contribution in [2.75, 3.05) is 44.2 Å². The topological polar surface area (TPSA) is 56.8 Å². The van der Waals surface area contributed by atoms with Gasteiger partial charge in [0.25, 0.3) is 0 Å². The predicted octanol–water partition coefficient (Wildman–Crippen LogP) is 3.73. The summed E-state index contributed by atoms with van der Waals surface area (Å²) in [6, 6.07) is 18.6. The molecule has 2 aromatic carbocycles. The van der Waals surface area contributed by atoms with Gasteiger partial charge in [-0.2, -0.15) is 4.31 Å². The van der Waals surface area contributed by atoms with E-state index in [1.807, 2.05) is 6.07 Å². The number of aromatic nitrogens is 1. The van der Waals surface area contributed by atoms with Crippen LogP contribution in [0.1, 0.15) is 24.8 Å². The number of rotatable bonds is 5. The van der Waals surface area contributed by atoms with Gasteiger partial charge in [0.1, 0.15) is 10.7 Å². The number of piperazine rings is 1. The van der Waals surface area contributed by atoms with Crippen LogP contribution in [0.25, 0.3) is 10.8 Å². The van der Waals surface area contributed by atoms with Gasteiger partial charge in [0.15, 0.2) is 0 Å². The number of fused-ring (bicyclic) bond motifs is 1. The predicted molar refractivity (Wildman–Crippen MR) is 128 cm³/mol. The highest BCUT2D eigenvalue weighted by atomic mass is 32.2. The Kier molecular flexibility index (Phi) is 6.13. The summed E-state index contributed by atoms with van der Waals surface area (Å²) in [4.78, 5) is 9.55. The van der Waals surface area contributed by atoms with Gasteiger partial charge in [-0.1, -0.05) is 48.9 Å². The van der Waals surface area contributed by atoms with Crippen LogP contribution >= 0.6 is 0 Å². The molecule has 6 nitrogen and oxygen atoms in total. The summed E-state index contributed by atoms with van der Waals surface area (Å²) >= 11 is 0. The fourth-order valence-corrected chi connectivity index (χ4v) is 6.24. The number of nitrogens with zero attached hydrogens (tertiary/aromatic N) is 4. The molecule has 3 heterocycles. The van der Waals surface area contributed by atoms with Gasteiger partial charge in [0.05, 0.1) is 0 Å². The zero-order chi connectivity index (χ0) is 22.0. The van der Waals surface area contributed by atoms with Crippen LogP contribution in [0.5, 0.6) is 0 Å². The highest BCUT2D eigenvalue weighted by Gasteiger charge is 2.26. The molecule has 0 amide bonds. The van der Waals surface area contributed by atoms with Gasteiger partial charge >= 0.3 is 0 Å². The average molecular weight is 451 g/mol. The first-order valence-electron chi connectivity index (χ1n) is 11.5. The second-order valence-corrected chi connectivity index (χ2v) is 10.7. The molecule has 0 spiro atoms. The third-order valence-electron chi connectivity index (χ3n) is 6.64. The number of hydrogen-bond donors (Lipinski definition) is 0. The lowest BCUT2D eigenvalue weighted by Gasteiger charge is -2.35. The molecule has 7 heteroatoms. The first-order chi connectivity index (χ1) is 15.6. The minimum absolute atomic E-state index is 0.303. The summed E-state index contributed by atoms with van der Waals surface area (Å²) < 4.78 is 27.3. The standard InChI is InChI=1S/C25H30N4O2S/c30-32(31,29-13-4-1-5-14-29)23-11-12-25(26-19-23)28-17-15-27(16-18-28)20-22-9-6-8-21-7-2-3-10-24(21)22/h2-3,6-12,19H,1,4-5,13-18,20H2. The number of piperidine rings is 1. The largest absolute Gasteiger partial charge is 0.354 e. The second kappa shape index (κ2) is 9.17. The van der Waals surface area contributed by atoms with Gasteiger partial charge < -0.3 is 4.90 Å². The van der Waals surface area contributed by atoms with E-state index < -0.39 is 10.0 Å². The molecule has 5 rings (SSSR count). The van der Waals surface area contributed by atoms with Crippen LogP contribution in [0.2, 0.25) is 0 Å². The minimum Gasteiger partial charge on any atom is -0.354 e. The van der Waals surface area contributed by atoms with E-state index in [9.17, 15) is 8.42 Å². The summed E-state index contributed by atoms with van der Waals surface area (Å²) in [7, 11) is -3.43. The highest BCUT2D eigenvalue weighted by molar-refractivity contribution is 7.89. The Morgan fingerprint density at radius 2 is 1.53 bits per heavy atom. The molecule has 32 heavy (non-hydrogen) atoms. The summed E-state index contributed by atoms with van der Waals surface area (Å²) in [5, 5.41) is 2.61. The van der Waals surface area contributed by atoms with E-state index in [0.29, 0.717) is 18.0 Å². The van der Waals surface area contributed by atoms with Crippen molar-refractivity contribution in [2.24, 2.45) is 0 Å². The fraction of sp³-hybridized carbons (Fsp3) is 0.400. The van der Waals surface area contributed by atoms with Gasteiger partial charge in [0, 0.05) is 52.0 Å². The van der Waals surface area contributed by atoms with Crippen molar-refractivity contribution in [3.63, 3.8) is 0 Å². The average Bonchev–Trinajstić information content (AvgIpc) is 2.85. The molecule has 0 bridgehead atoms. The lowest BCUT2D eigenvalue weighted by molar-refractivity contribution is 0.250. The van der Waals surface area contributed by atoms with Gasteiger partial charge in [0.2, 0.25) is 10.0 Å². The van der Waals surface area contributed by atoms with E-state index >= 15 is 0 Å². The number of anilines is 1. The zero-order valence-corrected chi connectivity index (χ0v) is 19.2. The van der Waals surface area contributed by atoms with E-state index in [0.717, 1.165) is 57.8 Å². The van der Waals surface area contributed by atoms with E-state index in [4.69, 9.17) is 0 Å². The zero-order valence-electron chi connectivity index (χ0n) is 18.4. The molecule has 2 saturated heterocycles.